The number of fused-ring (bicyclic) bond motifs is 1. The molecule has 5 rings (SSSR count). The van der Waals surface area contributed by atoms with Crippen molar-refractivity contribution >= 4 is 15.7 Å². The third kappa shape index (κ3) is 3.41. The Morgan fingerprint density at radius 1 is 1.15 bits per heavy atom. The van der Waals surface area contributed by atoms with Gasteiger partial charge < -0.3 is 19.8 Å². The van der Waals surface area contributed by atoms with Crippen LogP contribution in [0.2, 0.25) is 0 Å². The minimum atomic E-state index is -3.25. The topological polar surface area (TPSA) is 133 Å². The predicted octanol–water partition coefficient (Wildman–Crippen LogP) is 2.54. The molecule has 10 heteroatoms. The summed E-state index contributed by atoms with van der Waals surface area (Å²) in [4.78, 5) is 15.1. The van der Waals surface area contributed by atoms with Gasteiger partial charge in [-0.3, -0.25) is 9.89 Å². The minimum Gasteiger partial charge on any atom is -0.507 e. The van der Waals surface area contributed by atoms with Crippen LogP contribution in [0, 0.1) is 6.92 Å². The molecule has 1 saturated heterocycles. The van der Waals surface area contributed by atoms with Gasteiger partial charge in [-0.1, -0.05) is 17.7 Å². The van der Waals surface area contributed by atoms with Gasteiger partial charge in [0, 0.05) is 17.2 Å². The fourth-order valence-corrected chi connectivity index (χ4v) is 6.48. The lowest BCUT2D eigenvalue weighted by Crippen LogP contribution is -2.40. The number of carbonyl (C=O) groups is 1. The van der Waals surface area contributed by atoms with E-state index in [2.05, 4.69) is 10.2 Å². The Labute approximate surface area is 190 Å². The van der Waals surface area contributed by atoms with Crippen molar-refractivity contribution in [2.24, 2.45) is 0 Å². The number of carbonyl (C=O) groups excluding carboxylic acids is 1. The first kappa shape index (κ1) is 21.3. The first-order valence-corrected chi connectivity index (χ1v) is 12.3. The third-order valence-electron chi connectivity index (χ3n) is 6.33. The zero-order valence-electron chi connectivity index (χ0n) is 18.1. The van der Waals surface area contributed by atoms with Gasteiger partial charge in [0.1, 0.15) is 17.1 Å². The predicted molar refractivity (Wildman–Crippen MR) is 120 cm³/mol. The van der Waals surface area contributed by atoms with Crippen molar-refractivity contribution in [1.29, 1.82) is 0 Å². The highest BCUT2D eigenvalue weighted by Gasteiger charge is 2.48. The summed E-state index contributed by atoms with van der Waals surface area (Å²) in [5.74, 6) is -0.250. The van der Waals surface area contributed by atoms with Gasteiger partial charge in [0.15, 0.2) is 21.3 Å². The van der Waals surface area contributed by atoms with Gasteiger partial charge in [0.05, 0.1) is 24.7 Å². The van der Waals surface area contributed by atoms with Crippen LogP contribution in [0.15, 0.2) is 36.4 Å². The molecular formula is C23H23N3O6S. The van der Waals surface area contributed by atoms with Crippen LogP contribution >= 0.6 is 0 Å². The van der Waals surface area contributed by atoms with Gasteiger partial charge in [-0.25, -0.2) is 8.42 Å². The molecule has 0 spiro atoms. The van der Waals surface area contributed by atoms with Crippen LogP contribution in [-0.2, 0) is 9.84 Å². The standard InChI is InChI=1S/C23H23N3O6S/c1-12-3-5-16(27)15(9-12)20-19-21(25-24-20)23(29)26(14-7-8-33(30,31)11-14)22(19)13-4-6-17(28)18(10-13)32-2/h3-6,9-10,14,22,27-28H,7-8,11H2,1-2H3,(H,24,25). The number of H-pyrrole nitrogens is 1. The molecule has 2 unspecified atom stereocenters. The number of phenolic OH excluding ortho intramolecular Hbond substituents is 2. The number of methoxy groups -OCH3 is 1. The minimum absolute atomic E-state index is 0.0186. The second kappa shape index (κ2) is 7.51. The number of rotatable bonds is 4. The molecule has 3 heterocycles. The van der Waals surface area contributed by atoms with Crippen molar-refractivity contribution < 1.29 is 28.2 Å². The summed E-state index contributed by atoms with van der Waals surface area (Å²) in [6.07, 6.45) is 0.336. The largest absolute Gasteiger partial charge is 0.507 e. The molecule has 9 nitrogen and oxygen atoms in total. The van der Waals surface area contributed by atoms with E-state index in [1.54, 1.807) is 35.2 Å². The van der Waals surface area contributed by atoms with E-state index in [1.165, 1.54) is 13.2 Å². The highest BCUT2D eigenvalue weighted by atomic mass is 32.2. The molecule has 0 radical (unpaired) electrons. The SMILES string of the molecule is COc1cc(C2c3c(-c4cc(C)ccc4O)n[nH]c3C(=O)N2C2CCS(=O)(=O)C2)ccc1O. The van der Waals surface area contributed by atoms with E-state index in [9.17, 15) is 23.4 Å². The lowest BCUT2D eigenvalue weighted by molar-refractivity contribution is 0.0677. The molecular weight excluding hydrogens is 446 g/mol. The fourth-order valence-electron chi connectivity index (χ4n) is 4.77. The molecule has 0 saturated carbocycles. The summed E-state index contributed by atoms with van der Waals surface area (Å²) in [5, 5.41) is 27.8. The van der Waals surface area contributed by atoms with E-state index >= 15 is 0 Å². The first-order chi connectivity index (χ1) is 15.7. The number of phenols is 2. The number of ether oxygens (including phenoxy) is 1. The molecule has 1 fully saturated rings. The number of nitrogens with zero attached hydrogens (tertiary/aromatic N) is 2. The Kier molecular flexibility index (Phi) is 4.86. The normalized spacial score (nSPS) is 21.4. The highest BCUT2D eigenvalue weighted by Crippen LogP contribution is 2.47. The van der Waals surface area contributed by atoms with E-state index in [-0.39, 0.29) is 40.4 Å². The van der Waals surface area contributed by atoms with Crippen LogP contribution in [0.3, 0.4) is 0 Å². The lowest BCUT2D eigenvalue weighted by atomic mass is 9.94. The summed E-state index contributed by atoms with van der Waals surface area (Å²) >= 11 is 0. The zero-order valence-corrected chi connectivity index (χ0v) is 18.9. The molecule has 3 aromatic rings. The quantitative estimate of drug-likeness (QED) is 0.535. The van der Waals surface area contributed by atoms with Gasteiger partial charge in [0.2, 0.25) is 0 Å². The monoisotopic (exact) mass is 469 g/mol. The van der Waals surface area contributed by atoms with E-state index < -0.39 is 21.9 Å². The fraction of sp³-hybridized carbons (Fsp3) is 0.304. The highest BCUT2D eigenvalue weighted by molar-refractivity contribution is 7.91. The lowest BCUT2D eigenvalue weighted by Gasteiger charge is -2.31. The zero-order chi connectivity index (χ0) is 23.5. The number of nitrogens with one attached hydrogen (secondary N) is 1. The summed E-state index contributed by atoms with van der Waals surface area (Å²) in [7, 11) is -1.82. The second-order valence-electron chi connectivity index (χ2n) is 8.48. The Morgan fingerprint density at radius 3 is 2.61 bits per heavy atom. The van der Waals surface area contributed by atoms with Crippen LogP contribution < -0.4 is 4.74 Å². The first-order valence-electron chi connectivity index (χ1n) is 10.5. The Bertz CT molecular complexity index is 1380. The average molecular weight is 470 g/mol. The van der Waals surface area contributed by atoms with E-state index in [1.807, 2.05) is 6.92 Å². The molecule has 2 aliphatic heterocycles. The molecule has 1 aromatic heterocycles. The van der Waals surface area contributed by atoms with E-state index in [0.717, 1.165) is 5.56 Å². The second-order valence-corrected chi connectivity index (χ2v) is 10.7. The van der Waals surface area contributed by atoms with Gasteiger partial charge in [-0.05, 0) is 43.2 Å². The summed E-state index contributed by atoms with van der Waals surface area (Å²) < 4.78 is 29.7. The molecule has 0 aliphatic carbocycles. The van der Waals surface area contributed by atoms with Crippen LogP contribution in [0.4, 0.5) is 0 Å². The molecule has 1 amide bonds. The van der Waals surface area contributed by atoms with Gasteiger partial charge >= 0.3 is 0 Å². The van der Waals surface area contributed by atoms with E-state index in [0.29, 0.717) is 28.8 Å². The van der Waals surface area contributed by atoms with Crippen molar-refractivity contribution in [3.8, 4) is 28.5 Å². The van der Waals surface area contributed by atoms with Crippen LogP contribution in [0.5, 0.6) is 17.2 Å². The molecule has 3 N–H and O–H groups in total. The number of aromatic amines is 1. The number of hydrogen-bond donors (Lipinski definition) is 3. The molecule has 33 heavy (non-hydrogen) atoms. The number of aromatic nitrogens is 2. The maximum atomic E-state index is 13.5. The number of hydrogen-bond acceptors (Lipinski definition) is 7. The molecule has 172 valence electrons. The third-order valence-corrected chi connectivity index (χ3v) is 8.08. The summed E-state index contributed by atoms with van der Waals surface area (Å²) in [6.45, 7) is 1.89. The Morgan fingerprint density at radius 2 is 1.91 bits per heavy atom. The smallest absolute Gasteiger partial charge is 0.273 e. The van der Waals surface area contributed by atoms with Crippen molar-refractivity contribution in [1.82, 2.24) is 15.1 Å². The van der Waals surface area contributed by atoms with Crippen LogP contribution in [0.1, 0.15) is 39.6 Å². The number of sulfone groups is 1. The number of aromatic hydroxyl groups is 2. The van der Waals surface area contributed by atoms with Crippen LogP contribution in [0.25, 0.3) is 11.3 Å². The maximum absolute atomic E-state index is 13.5. The molecule has 2 atom stereocenters. The average Bonchev–Trinajstić information content (AvgIpc) is 3.43. The van der Waals surface area contributed by atoms with Gasteiger partial charge in [0.25, 0.3) is 5.91 Å². The number of amides is 1. The Hall–Kier alpha value is -3.53. The van der Waals surface area contributed by atoms with Gasteiger partial charge in [-0.2, -0.15) is 5.10 Å². The van der Waals surface area contributed by atoms with Crippen LogP contribution in [-0.4, -0.2) is 64.3 Å². The van der Waals surface area contributed by atoms with Crippen molar-refractivity contribution in [3.63, 3.8) is 0 Å². The van der Waals surface area contributed by atoms with Crippen molar-refractivity contribution in [2.75, 3.05) is 18.6 Å². The summed E-state index contributed by atoms with van der Waals surface area (Å²) in [5.41, 5.74) is 3.24. The van der Waals surface area contributed by atoms with Crippen molar-refractivity contribution in [2.45, 2.75) is 25.4 Å². The molecule has 2 aliphatic rings. The number of aryl methyl sites for hydroxylation is 1. The molecule has 0 bridgehead atoms. The maximum Gasteiger partial charge on any atom is 0.273 e. The molecule has 2 aromatic carbocycles. The van der Waals surface area contributed by atoms with Crippen molar-refractivity contribution in [3.05, 3.63) is 58.8 Å². The van der Waals surface area contributed by atoms with Gasteiger partial charge in [-0.15, -0.1) is 0 Å². The summed E-state index contributed by atoms with van der Waals surface area (Å²) in [6, 6.07) is 8.73. The van der Waals surface area contributed by atoms with E-state index in [4.69, 9.17) is 4.74 Å². The number of benzene rings is 2. The Balaban J connectivity index is 1.72.